The van der Waals surface area contributed by atoms with Crippen molar-refractivity contribution >= 4 is 39.3 Å². The fraction of sp³-hybridized carbons (Fsp3) is 0.118. The number of carbonyl (C=O) groups is 1. The lowest BCUT2D eigenvalue weighted by Gasteiger charge is -2.06. The number of hydrogen-bond donors (Lipinski definition) is 1. The number of carbonyl (C=O) groups excluding carboxylic acids is 1. The Bertz CT molecular complexity index is 969. The second-order valence-corrected chi connectivity index (χ2v) is 8.51. The van der Waals surface area contributed by atoms with Crippen molar-refractivity contribution in [2.75, 3.05) is 11.6 Å². The van der Waals surface area contributed by atoms with E-state index in [0.717, 1.165) is 30.5 Å². The third kappa shape index (κ3) is 6.72. The molecule has 2 rings (SSSR count). The number of anilines is 1. The molecule has 0 spiro atoms. The lowest BCUT2D eigenvalue weighted by atomic mass is 10.2. The fourth-order valence-corrected chi connectivity index (χ4v) is 3.14. The van der Waals surface area contributed by atoms with E-state index >= 15 is 0 Å². The van der Waals surface area contributed by atoms with Crippen LogP contribution >= 0.6 is 11.8 Å². The summed E-state index contributed by atoms with van der Waals surface area (Å²) in [5.74, 6) is -1.54. The molecule has 0 atom stereocenters. The third-order valence-electron chi connectivity index (χ3n) is 3.16. The van der Waals surface area contributed by atoms with Crippen LogP contribution in [-0.4, -0.2) is 26.1 Å². The van der Waals surface area contributed by atoms with Gasteiger partial charge in [0, 0.05) is 17.2 Å². The molecule has 10 heteroatoms. The summed E-state index contributed by atoms with van der Waals surface area (Å²) in [6.45, 7) is 0. The molecule has 0 fully saturated rings. The van der Waals surface area contributed by atoms with Crippen molar-refractivity contribution in [3.8, 4) is 0 Å². The summed E-state index contributed by atoms with van der Waals surface area (Å²) in [5.41, 5.74) is -4.23. The molecule has 2 aromatic rings. The molecule has 0 aliphatic rings. The Morgan fingerprint density at radius 1 is 1.11 bits per heavy atom. The SMILES string of the molecule is CS(=O)(=O)c1ccc(F)c(NC(=O)/C=C/c2ccc(SC(F)(F)F)cc2)c1. The Labute approximate surface area is 157 Å². The maximum Gasteiger partial charge on any atom is 0.446 e. The summed E-state index contributed by atoms with van der Waals surface area (Å²) in [5, 5.41) is 2.22. The monoisotopic (exact) mass is 419 g/mol. The van der Waals surface area contributed by atoms with Crippen molar-refractivity contribution < 1.29 is 30.8 Å². The number of amides is 1. The van der Waals surface area contributed by atoms with Gasteiger partial charge in [-0.2, -0.15) is 13.2 Å². The molecule has 0 bridgehead atoms. The zero-order valence-electron chi connectivity index (χ0n) is 13.7. The Morgan fingerprint density at radius 3 is 2.30 bits per heavy atom. The lowest BCUT2D eigenvalue weighted by Crippen LogP contribution is -2.10. The molecular formula is C17H13F4NO3S2. The quantitative estimate of drug-likeness (QED) is 0.336. The highest BCUT2D eigenvalue weighted by Crippen LogP contribution is 2.36. The summed E-state index contributed by atoms with van der Waals surface area (Å²) in [7, 11) is -3.57. The minimum atomic E-state index is -4.39. The van der Waals surface area contributed by atoms with Crippen LogP contribution in [-0.2, 0) is 14.6 Å². The predicted octanol–water partition coefficient (Wildman–Crippen LogP) is 4.49. The summed E-state index contributed by atoms with van der Waals surface area (Å²) in [6, 6.07) is 8.30. The van der Waals surface area contributed by atoms with Crippen molar-refractivity contribution in [2.45, 2.75) is 15.3 Å². The summed E-state index contributed by atoms with van der Waals surface area (Å²) < 4.78 is 73.5. The number of hydrogen-bond acceptors (Lipinski definition) is 4. The predicted molar refractivity (Wildman–Crippen MR) is 95.5 cm³/mol. The molecule has 4 nitrogen and oxygen atoms in total. The van der Waals surface area contributed by atoms with Gasteiger partial charge in [0.1, 0.15) is 5.82 Å². The maximum absolute atomic E-state index is 13.7. The van der Waals surface area contributed by atoms with Gasteiger partial charge < -0.3 is 5.32 Å². The molecule has 2 aromatic carbocycles. The first-order chi connectivity index (χ1) is 12.4. The summed E-state index contributed by atoms with van der Waals surface area (Å²) >= 11 is -0.254. The fourth-order valence-electron chi connectivity index (χ4n) is 1.96. The van der Waals surface area contributed by atoms with Crippen molar-refractivity contribution in [3.05, 3.63) is 59.9 Å². The van der Waals surface area contributed by atoms with Crippen LogP contribution in [0.3, 0.4) is 0 Å². The number of sulfone groups is 1. The second kappa shape index (κ2) is 8.13. The second-order valence-electron chi connectivity index (χ2n) is 5.35. The summed E-state index contributed by atoms with van der Waals surface area (Å²) in [6.07, 6.45) is 3.33. The van der Waals surface area contributed by atoms with Gasteiger partial charge in [-0.15, -0.1) is 0 Å². The number of rotatable bonds is 5. The van der Waals surface area contributed by atoms with Crippen LogP contribution in [0.15, 0.2) is 58.3 Å². The highest BCUT2D eigenvalue weighted by atomic mass is 32.2. The standard InChI is InChI=1S/C17H13F4NO3S2/c1-27(24,25)13-7-8-14(18)15(10-13)22-16(23)9-4-11-2-5-12(6-3-11)26-17(19,20)21/h2-10H,1H3,(H,22,23)/b9-4+. The van der Waals surface area contributed by atoms with Gasteiger partial charge in [0.2, 0.25) is 5.91 Å². The van der Waals surface area contributed by atoms with E-state index in [2.05, 4.69) is 5.32 Å². The average molecular weight is 419 g/mol. The van der Waals surface area contributed by atoms with Gasteiger partial charge in [-0.25, -0.2) is 12.8 Å². The topological polar surface area (TPSA) is 63.2 Å². The van der Waals surface area contributed by atoms with Crippen LogP contribution in [0.4, 0.5) is 23.2 Å². The van der Waals surface area contributed by atoms with Crippen molar-refractivity contribution in [3.63, 3.8) is 0 Å². The zero-order chi connectivity index (χ0) is 20.2. The van der Waals surface area contributed by atoms with Crippen LogP contribution in [0.25, 0.3) is 6.08 Å². The molecule has 0 heterocycles. The van der Waals surface area contributed by atoms with E-state index < -0.39 is 27.1 Å². The van der Waals surface area contributed by atoms with Crippen LogP contribution in [0.2, 0.25) is 0 Å². The third-order valence-corrected chi connectivity index (χ3v) is 5.01. The van der Waals surface area contributed by atoms with Gasteiger partial charge in [0.05, 0.1) is 10.6 Å². The number of thioether (sulfide) groups is 1. The van der Waals surface area contributed by atoms with Gasteiger partial charge in [0.15, 0.2) is 9.84 Å². The molecule has 1 amide bonds. The van der Waals surface area contributed by atoms with E-state index in [9.17, 15) is 30.8 Å². The molecule has 0 saturated heterocycles. The van der Waals surface area contributed by atoms with Crippen LogP contribution in [0, 0.1) is 5.82 Å². The van der Waals surface area contributed by atoms with Gasteiger partial charge in [-0.1, -0.05) is 12.1 Å². The Hall–Kier alpha value is -2.33. The average Bonchev–Trinajstić information content (AvgIpc) is 2.54. The maximum atomic E-state index is 13.7. The van der Waals surface area contributed by atoms with Gasteiger partial charge in [0.25, 0.3) is 0 Å². The molecule has 0 aliphatic heterocycles. The molecule has 0 saturated carbocycles. The first kappa shape index (κ1) is 21.0. The first-order valence-corrected chi connectivity index (χ1v) is 9.99. The number of halogens is 4. The van der Waals surface area contributed by atoms with E-state index in [1.807, 2.05) is 0 Å². The van der Waals surface area contributed by atoms with Crippen molar-refractivity contribution in [1.29, 1.82) is 0 Å². The molecular weight excluding hydrogens is 406 g/mol. The van der Waals surface area contributed by atoms with Crippen molar-refractivity contribution in [1.82, 2.24) is 0 Å². The van der Waals surface area contributed by atoms with Crippen LogP contribution < -0.4 is 5.32 Å². The van der Waals surface area contributed by atoms with Crippen LogP contribution in [0.5, 0.6) is 0 Å². The van der Waals surface area contributed by atoms with E-state index in [-0.39, 0.29) is 27.2 Å². The van der Waals surface area contributed by atoms with Crippen molar-refractivity contribution in [2.24, 2.45) is 0 Å². The number of benzene rings is 2. The number of nitrogens with one attached hydrogen (secondary N) is 1. The molecule has 1 N–H and O–H groups in total. The minimum absolute atomic E-state index is 0.00348. The van der Waals surface area contributed by atoms with Gasteiger partial charge in [-0.05, 0) is 53.7 Å². The molecule has 0 aliphatic carbocycles. The molecule has 27 heavy (non-hydrogen) atoms. The van der Waals surface area contributed by atoms with E-state index in [0.29, 0.717) is 5.56 Å². The molecule has 0 aromatic heterocycles. The Kier molecular flexibility index (Phi) is 6.32. The Morgan fingerprint density at radius 2 is 1.74 bits per heavy atom. The summed E-state index contributed by atoms with van der Waals surface area (Å²) in [4.78, 5) is 11.7. The smallest absolute Gasteiger partial charge is 0.320 e. The lowest BCUT2D eigenvalue weighted by molar-refractivity contribution is -0.111. The normalized spacial score (nSPS) is 12.3. The van der Waals surface area contributed by atoms with E-state index in [4.69, 9.17) is 0 Å². The Balaban J connectivity index is 2.07. The van der Waals surface area contributed by atoms with Gasteiger partial charge in [-0.3, -0.25) is 4.79 Å². The van der Waals surface area contributed by atoms with Gasteiger partial charge >= 0.3 is 5.51 Å². The molecule has 144 valence electrons. The van der Waals surface area contributed by atoms with Crippen LogP contribution in [0.1, 0.15) is 5.56 Å². The highest BCUT2D eigenvalue weighted by molar-refractivity contribution is 8.00. The molecule has 0 unspecified atom stereocenters. The zero-order valence-corrected chi connectivity index (χ0v) is 15.4. The minimum Gasteiger partial charge on any atom is -0.320 e. The number of alkyl halides is 3. The van der Waals surface area contributed by atoms with E-state index in [1.54, 1.807) is 0 Å². The van der Waals surface area contributed by atoms with E-state index in [1.165, 1.54) is 30.3 Å². The largest absolute Gasteiger partial charge is 0.446 e. The molecule has 0 radical (unpaired) electrons. The first-order valence-electron chi connectivity index (χ1n) is 7.28. The highest BCUT2D eigenvalue weighted by Gasteiger charge is 2.28.